The van der Waals surface area contributed by atoms with Crippen LogP contribution in [0.5, 0.6) is 0 Å². The molecular formula is C16H21N3O2. The van der Waals surface area contributed by atoms with Crippen molar-refractivity contribution in [2.45, 2.75) is 32.7 Å². The van der Waals surface area contributed by atoms with Crippen molar-refractivity contribution < 1.29 is 9.32 Å². The van der Waals surface area contributed by atoms with Gasteiger partial charge < -0.3 is 15.2 Å². The Bertz CT molecular complexity index is 648. The van der Waals surface area contributed by atoms with Crippen LogP contribution < -0.4 is 10.6 Å². The largest absolute Gasteiger partial charge is 0.356 e. The van der Waals surface area contributed by atoms with Crippen LogP contribution in [0.4, 0.5) is 0 Å². The summed E-state index contributed by atoms with van der Waals surface area (Å²) in [5.74, 6) is 0.00836. The first-order chi connectivity index (χ1) is 10.1. The van der Waals surface area contributed by atoms with Crippen LogP contribution in [0.1, 0.15) is 26.0 Å². The van der Waals surface area contributed by atoms with Gasteiger partial charge in [0.25, 0.3) is 0 Å². The summed E-state index contributed by atoms with van der Waals surface area (Å²) in [6.07, 6.45) is 1.22. The smallest absolute Gasteiger partial charge is 0.226 e. The maximum Gasteiger partial charge on any atom is 0.226 e. The van der Waals surface area contributed by atoms with Crippen molar-refractivity contribution in [1.82, 2.24) is 15.8 Å². The maximum atomic E-state index is 12.3. The van der Waals surface area contributed by atoms with Crippen LogP contribution in [0.15, 0.2) is 28.8 Å². The third kappa shape index (κ3) is 2.93. The van der Waals surface area contributed by atoms with Crippen molar-refractivity contribution in [3.63, 3.8) is 0 Å². The number of amides is 1. The molecule has 1 fully saturated rings. The summed E-state index contributed by atoms with van der Waals surface area (Å²) in [5, 5.41) is 11.5. The summed E-state index contributed by atoms with van der Waals surface area (Å²) in [5.41, 5.74) is 1.50. The van der Waals surface area contributed by atoms with Gasteiger partial charge >= 0.3 is 0 Å². The molecule has 1 unspecified atom stereocenters. The van der Waals surface area contributed by atoms with Crippen molar-refractivity contribution in [3.05, 3.63) is 30.0 Å². The SMILES string of the molecule is CC1(C)CNCCC1NC(=O)Cc1noc2ccccc12. The molecule has 0 bridgehead atoms. The van der Waals surface area contributed by atoms with Crippen LogP contribution in [0.25, 0.3) is 11.0 Å². The number of nitrogens with zero attached hydrogens (tertiary/aromatic N) is 1. The fraction of sp³-hybridized carbons (Fsp3) is 0.500. The fourth-order valence-corrected chi connectivity index (χ4v) is 2.90. The summed E-state index contributed by atoms with van der Waals surface area (Å²) in [6.45, 7) is 6.22. The molecule has 0 aliphatic carbocycles. The van der Waals surface area contributed by atoms with Crippen molar-refractivity contribution in [2.24, 2.45) is 5.41 Å². The fourth-order valence-electron chi connectivity index (χ4n) is 2.90. The molecule has 5 nitrogen and oxygen atoms in total. The first kappa shape index (κ1) is 14.1. The monoisotopic (exact) mass is 287 g/mol. The van der Waals surface area contributed by atoms with Crippen LogP contribution in [0.2, 0.25) is 0 Å². The van der Waals surface area contributed by atoms with Gasteiger partial charge in [-0.15, -0.1) is 0 Å². The highest BCUT2D eigenvalue weighted by atomic mass is 16.5. The third-order valence-corrected chi connectivity index (χ3v) is 4.25. The highest BCUT2D eigenvalue weighted by Gasteiger charge is 2.33. The molecule has 112 valence electrons. The van der Waals surface area contributed by atoms with Gasteiger partial charge in [0.05, 0.1) is 6.42 Å². The minimum absolute atomic E-state index is 0.00836. The number of benzene rings is 1. The molecule has 1 aliphatic heterocycles. The summed E-state index contributed by atoms with van der Waals surface area (Å²) >= 11 is 0. The normalized spacial score (nSPS) is 21.3. The van der Waals surface area contributed by atoms with Crippen LogP contribution in [0, 0.1) is 5.41 Å². The van der Waals surface area contributed by atoms with Gasteiger partial charge in [-0.1, -0.05) is 31.1 Å². The zero-order chi connectivity index (χ0) is 14.9. The Morgan fingerprint density at radius 2 is 2.29 bits per heavy atom. The number of rotatable bonds is 3. The lowest BCUT2D eigenvalue weighted by atomic mass is 9.80. The number of nitrogens with one attached hydrogen (secondary N) is 2. The Morgan fingerprint density at radius 3 is 3.10 bits per heavy atom. The average molecular weight is 287 g/mol. The van der Waals surface area contributed by atoms with E-state index < -0.39 is 0 Å². The molecular weight excluding hydrogens is 266 g/mol. The van der Waals surface area contributed by atoms with E-state index in [-0.39, 0.29) is 23.8 Å². The molecule has 0 radical (unpaired) electrons. The lowest BCUT2D eigenvalue weighted by molar-refractivity contribution is -0.122. The van der Waals surface area contributed by atoms with E-state index >= 15 is 0 Å². The molecule has 1 amide bonds. The molecule has 21 heavy (non-hydrogen) atoms. The number of para-hydroxylation sites is 1. The lowest BCUT2D eigenvalue weighted by Crippen LogP contribution is -2.54. The van der Waals surface area contributed by atoms with Gasteiger partial charge in [-0.25, -0.2) is 0 Å². The minimum atomic E-state index is 0.00836. The Kier molecular flexibility index (Phi) is 3.68. The first-order valence-corrected chi connectivity index (χ1v) is 7.40. The molecule has 1 saturated heterocycles. The van der Waals surface area contributed by atoms with Crippen molar-refractivity contribution in [2.75, 3.05) is 13.1 Å². The second-order valence-electron chi connectivity index (χ2n) is 6.38. The Balaban J connectivity index is 1.69. The summed E-state index contributed by atoms with van der Waals surface area (Å²) in [4.78, 5) is 12.3. The van der Waals surface area contributed by atoms with E-state index in [9.17, 15) is 4.79 Å². The Morgan fingerprint density at radius 1 is 1.48 bits per heavy atom. The molecule has 1 aromatic heterocycles. The number of fused-ring (bicyclic) bond motifs is 1. The van der Waals surface area contributed by atoms with Gasteiger partial charge in [0.1, 0.15) is 5.69 Å². The molecule has 5 heteroatoms. The van der Waals surface area contributed by atoms with E-state index in [1.165, 1.54) is 0 Å². The van der Waals surface area contributed by atoms with Crippen LogP contribution >= 0.6 is 0 Å². The summed E-state index contributed by atoms with van der Waals surface area (Å²) in [7, 11) is 0. The topological polar surface area (TPSA) is 67.2 Å². The molecule has 1 aliphatic rings. The van der Waals surface area contributed by atoms with Gasteiger partial charge in [-0.2, -0.15) is 0 Å². The number of carbonyl (C=O) groups excluding carboxylic acids is 1. The van der Waals surface area contributed by atoms with Crippen molar-refractivity contribution in [3.8, 4) is 0 Å². The van der Waals surface area contributed by atoms with E-state index in [1.54, 1.807) is 0 Å². The second kappa shape index (κ2) is 5.48. The number of hydrogen-bond acceptors (Lipinski definition) is 4. The molecule has 2 N–H and O–H groups in total. The van der Waals surface area contributed by atoms with E-state index in [2.05, 4.69) is 29.6 Å². The van der Waals surface area contributed by atoms with E-state index in [1.807, 2.05) is 24.3 Å². The second-order valence-corrected chi connectivity index (χ2v) is 6.38. The van der Waals surface area contributed by atoms with Crippen molar-refractivity contribution in [1.29, 1.82) is 0 Å². The lowest BCUT2D eigenvalue weighted by Gasteiger charge is -2.39. The molecule has 1 atom stereocenters. The number of piperidine rings is 1. The molecule has 1 aromatic carbocycles. The quantitative estimate of drug-likeness (QED) is 0.904. The van der Waals surface area contributed by atoms with E-state index in [0.29, 0.717) is 5.69 Å². The zero-order valence-electron chi connectivity index (χ0n) is 12.5. The Labute approximate surface area is 124 Å². The minimum Gasteiger partial charge on any atom is -0.356 e. The van der Waals surface area contributed by atoms with Crippen molar-refractivity contribution >= 4 is 16.9 Å². The molecule has 0 saturated carbocycles. The predicted molar refractivity (Wildman–Crippen MR) is 80.9 cm³/mol. The molecule has 3 rings (SSSR count). The third-order valence-electron chi connectivity index (χ3n) is 4.25. The van der Waals surface area contributed by atoms with Gasteiger partial charge in [0, 0.05) is 18.0 Å². The number of carbonyl (C=O) groups is 1. The van der Waals surface area contributed by atoms with Crippen LogP contribution in [-0.4, -0.2) is 30.2 Å². The standard InChI is InChI=1S/C16H21N3O2/c1-16(2)10-17-8-7-14(16)18-15(20)9-12-11-5-3-4-6-13(11)21-19-12/h3-6,14,17H,7-10H2,1-2H3,(H,18,20). The highest BCUT2D eigenvalue weighted by molar-refractivity contribution is 5.86. The number of aromatic nitrogens is 1. The summed E-state index contributed by atoms with van der Waals surface area (Å²) < 4.78 is 5.24. The predicted octanol–water partition coefficient (Wildman–Crippen LogP) is 1.87. The van der Waals surface area contributed by atoms with E-state index in [0.717, 1.165) is 30.5 Å². The van der Waals surface area contributed by atoms with Crippen LogP contribution in [0.3, 0.4) is 0 Å². The van der Waals surface area contributed by atoms with Gasteiger partial charge in [-0.3, -0.25) is 4.79 Å². The number of hydrogen-bond donors (Lipinski definition) is 2. The zero-order valence-corrected chi connectivity index (χ0v) is 12.5. The molecule has 0 spiro atoms. The first-order valence-electron chi connectivity index (χ1n) is 7.40. The highest BCUT2D eigenvalue weighted by Crippen LogP contribution is 2.25. The maximum absolute atomic E-state index is 12.3. The van der Waals surface area contributed by atoms with Crippen LogP contribution in [-0.2, 0) is 11.2 Å². The average Bonchev–Trinajstić information content (AvgIpc) is 2.85. The van der Waals surface area contributed by atoms with Gasteiger partial charge in [-0.05, 0) is 30.5 Å². The molecule has 2 aromatic rings. The Hall–Kier alpha value is -1.88. The summed E-state index contributed by atoms with van der Waals surface area (Å²) in [6, 6.07) is 7.82. The van der Waals surface area contributed by atoms with Gasteiger partial charge in [0.2, 0.25) is 5.91 Å². The van der Waals surface area contributed by atoms with E-state index in [4.69, 9.17) is 4.52 Å². The molecule has 2 heterocycles. The van der Waals surface area contributed by atoms with Gasteiger partial charge in [0.15, 0.2) is 5.58 Å².